The highest BCUT2D eigenvalue weighted by atomic mass is 16.5. The first kappa shape index (κ1) is 18.9. The minimum Gasteiger partial charge on any atom is -0.491 e. The standard InChI is InChI=1S/C21H20N4O4/c1-28-9-10-29-17-6-4-15(5-7-17)18-12-25(16-3-2-8-22-11-16)20-19(18)21(27)24(14-26)13-23-20/h2-8,11-13,26H,9-10,14H2,1H3. The highest BCUT2D eigenvalue weighted by molar-refractivity contribution is 5.94. The van der Waals surface area contributed by atoms with Crippen molar-refractivity contribution >= 4 is 11.0 Å². The molecule has 0 spiro atoms. The first-order valence-electron chi connectivity index (χ1n) is 9.07. The van der Waals surface area contributed by atoms with Gasteiger partial charge in [0.05, 0.1) is 23.9 Å². The minimum absolute atomic E-state index is 0.310. The van der Waals surface area contributed by atoms with Gasteiger partial charge in [0.25, 0.3) is 5.56 Å². The number of benzene rings is 1. The summed E-state index contributed by atoms with van der Waals surface area (Å²) in [6.07, 6.45) is 6.59. The fourth-order valence-corrected chi connectivity index (χ4v) is 3.14. The molecular formula is C21H20N4O4. The highest BCUT2D eigenvalue weighted by Gasteiger charge is 2.17. The van der Waals surface area contributed by atoms with Gasteiger partial charge in [-0.25, -0.2) is 4.98 Å². The van der Waals surface area contributed by atoms with E-state index in [0.717, 1.165) is 11.3 Å². The molecule has 8 nitrogen and oxygen atoms in total. The van der Waals surface area contributed by atoms with Crippen molar-refractivity contribution in [2.75, 3.05) is 20.3 Å². The molecule has 0 saturated heterocycles. The van der Waals surface area contributed by atoms with Crippen LogP contribution >= 0.6 is 0 Å². The monoisotopic (exact) mass is 392 g/mol. The van der Waals surface area contributed by atoms with Crippen LogP contribution in [0.4, 0.5) is 0 Å². The first-order chi connectivity index (χ1) is 14.2. The Hall–Kier alpha value is -3.49. The summed E-state index contributed by atoms with van der Waals surface area (Å²) < 4.78 is 13.6. The maximum Gasteiger partial charge on any atom is 0.265 e. The number of hydrogen-bond acceptors (Lipinski definition) is 6. The van der Waals surface area contributed by atoms with Crippen molar-refractivity contribution < 1.29 is 14.6 Å². The first-order valence-corrected chi connectivity index (χ1v) is 9.07. The average molecular weight is 392 g/mol. The number of aromatic nitrogens is 4. The van der Waals surface area contributed by atoms with Gasteiger partial charge in [0.15, 0.2) is 5.65 Å². The fourth-order valence-electron chi connectivity index (χ4n) is 3.14. The van der Waals surface area contributed by atoms with E-state index in [1.165, 1.54) is 10.9 Å². The molecule has 3 aromatic heterocycles. The molecule has 0 aliphatic rings. The second-order valence-electron chi connectivity index (χ2n) is 6.35. The van der Waals surface area contributed by atoms with Crippen LogP contribution < -0.4 is 10.3 Å². The summed E-state index contributed by atoms with van der Waals surface area (Å²) in [7, 11) is 1.62. The Balaban J connectivity index is 1.84. The van der Waals surface area contributed by atoms with Gasteiger partial charge in [-0.15, -0.1) is 0 Å². The molecule has 1 N–H and O–H groups in total. The zero-order chi connectivity index (χ0) is 20.2. The Bertz CT molecular complexity index is 1170. The lowest BCUT2D eigenvalue weighted by Crippen LogP contribution is -2.20. The molecule has 1 aromatic carbocycles. The lowest BCUT2D eigenvalue weighted by Gasteiger charge is -2.06. The molecule has 148 valence electrons. The number of methoxy groups -OCH3 is 1. The van der Waals surface area contributed by atoms with Crippen LogP contribution in [0.25, 0.3) is 27.8 Å². The van der Waals surface area contributed by atoms with Gasteiger partial charge >= 0.3 is 0 Å². The Morgan fingerprint density at radius 1 is 1.14 bits per heavy atom. The Morgan fingerprint density at radius 3 is 2.66 bits per heavy atom. The van der Waals surface area contributed by atoms with Crippen LogP contribution in [0.1, 0.15) is 0 Å². The van der Waals surface area contributed by atoms with E-state index in [2.05, 4.69) is 9.97 Å². The second-order valence-corrected chi connectivity index (χ2v) is 6.35. The van der Waals surface area contributed by atoms with Crippen molar-refractivity contribution in [2.24, 2.45) is 0 Å². The Labute approximate surface area is 166 Å². The summed E-state index contributed by atoms with van der Waals surface area (Å²) in [6.45, 7) is 0.527. The fraction of sp³-hybridized carbons (Fsp3) is 0.190. The van der Waals surface area contributed by atoms with E-state index in [4.69, 9.17) is 9.47 Å². The van der Waals surface area contributed by atoms with Crippen LogP contribution in [0.3, 0.4) is 0 Å². The smallest absolute Gasteiger partial charge is 0.265 e. The van der Waals surface area contributed by atoms with Crippen molar-refractivity contribution in [3.63, 3.8) is 0 Å². The van der Waals surface area contributed by atoms with Crippen LogP contribution in [0.15, 0.2) is 66.1 Å². The normalized spacial score (nSPS) is 11.1. The molecule has 29 heavy (non-hydrogen) atoms. The van der Waals surface area contributed by atoms with Crippen molar-refractivity contribution in [2.45, 2.75) is 6.73 Å². The lowest BCUT2D eigenvalue weighted by molar-refractivity contribution is 0.146. The summed E-state index contributed by atoms with van der Waals surface area (Å²) in [6, 6.07) is 11.2. The van der Waals surface area contributed by atoms with Gasteiger partial charge in [0.1, 0.15) is 25.4 Å². The van der Waals surface area contributed by atoms with Gasteiger partial charge in [-0.05, 0) is 29.8 Å². The average Bonchev–Trinajstić information content (AvgIpc) is 3.16. The molecule has 0 aliphatic carbocycles. The third-order valence-electron chi connectivity index (χ3n) is 4.57. The van der Waals surface area contributed by atoms with Crippen LogP contribution in [0.2, 0.25) is 0 Å². The number of aliphatic hydroxyl groups is 1. The molecule has 0 bridgehead atoms. The van der Waals surface area contributed by atoms with Gasteiger partial charge in [0.2, 0.25) is 0 Å². The predicted octanol–water partition coefficient (Wildman–Crippen LogP) is 2.22. The van der Waals surface area contributed by atoms with Crippen LogP contribution in [0.5, 0.6) is 5.75 Å². The Morgan fingerprint density at radius 2 is 1.97 bits per heavy atom. The number of aliphatic hydroxyl groups excluding tert-OH is 1. The molecule has 4 rings (SSSR count). The van der Waals surface area contributed by atoms with E-state index in [0.29, 0.717) is 35.6 Å². The van der Waals surface area contributed by atoms with Crippen molar-refractivity contribution in [1.29, 1.82) is 0 Å². The summed E-state index contributed by atoms with van der Waals surface area (Å²) in [5, 5.41) is 9.91. The van der Waals surface area contributed by atoms with E-state index >= 15 is 0 Å². The van der Waals surface area contributed by atoms with Crippen molar-refractivity contribution in [1.82, 2.24) is 19.1 Å². The van der Waals surface area contributed by atoms with Gasteiger partial charge in [-0.3, -0.25) is 18.9 Å². The predicted molar refractivity (Wildman–Crippen MR) is 108 cm³/mol. The SMILES string of the molecule is COCCOc1ccc(-c2cn(-c3cccnc3)c3ncn(CO)c(=O)c23)cc1. The van der Waals surface area contributed by atoms with E-state index in [-0.39, 0.29) is 5.56 Å². The summed E-state index contributed by atoms with van der Waals surface area (Å²) in [5.74, 6) is 0.715. The molecule has 8 heteroatoms. The quantitative estimate of drug-likeness (QED) is 0.485. The number of nitrogens with zero attached hydrogens (tertiary/aromatic N) is 4. The summed E-state index contributed by atoms with van der Waals surface area (Å²) >= 11 is 0. The number of hydrogen-bond donors (Lipinski definition) is 1. The summed E-state index contributed by atoms with van der Waals surface area (Å²) in [5.41, 5.74) is 2.54. The highest BCUT2D eigenvalue weighted by Crippen LogP contribution is 2.30. The number of pyridine rings is 1. The zero-order valence-corrected chi connectivity index (χ0v) is 15.9. The van der Waals surface area contributed by atoms with Gasteiger partial charge in [-0.1, -0.05) is 12.1 Å². The van der Waals surface area contributed by atoms with Crippen LogP contribution in [-0.2, 0) is 11.5 Å². The zero-order valence-electron chi connectivity index (χ0n) is 15.9. The van der Waals surface area contributed by atoms with Crippen LogP contribution in [-0.4, -0.2) is 44.5 Å². The second kappa shape index (κ2) is 8.26. The number of rotatable bonds is 7. The number of fused-ring (bicyclic) bond motifs is 1. The molecule has 0 aliphatic heterocycles. The van der Waals surface area contributed by atoms with Gasteiger partial charge in [0, 0.05) is 25.1 Å². The third-order valence-corrected chi connectivity index (χ3v) is 4.57. The van der Waals surface area contributed by atoms with Gasteiger partial charge < -0.3 is 14.6 Å². The molecule has 4 aromatic rings. The summed E-state index contributed by atoms with van der Waals surface area (Å²) in [4.78, 5) is 21.5. The Kier molecular flexibility index (Phi) is 5.37. The van der Waals surface area contributed by atoms with E-state index in [1.54, 1.807) is 19.5 Å². The molecular weight excluding hydrogens is 372 g/mol. The minimum atomic E-state index is -0.439. The molecule has 3 heterocycles. The third kappa shape index (κ3) is 3.63. The molecule has 0 fully saturated rings. The van der Waals surface area contributed by atoms with E-state index < -0.39 is 6.73 Å². The molecule has 0 amide bonds. The maximum atomic E-state index is 12.9. The molecule has 0 saturated carbocycles. The maximum absolute atomic E-state index is 12.9. The van der Waals surface area contributed by atoms with Crippen molar-refractivity contribution in [3.8, 4) is 22.6 Å². The lowest BCUT2D eigenvalue weighted by atomic mass is 10.1. The largest absolute Gasteiger partial charge is 0.491 e. The molecule has 0 atom stereocenters. The van der Waals surface area contributed by atoms with E-state index in [1.807, 2.05) is 47.2 Å². The molecule has 0 unspecified atom stereocenters. The van der Waals surface area contributed by atoms with Crippen molar-refractivity contribution in [3.05, 3.63) is 71.7 Å². The van der Waals surface area contributed by atoms with E-state index in [9.17, 15) is 9.90 Å². The number of ether oxygens (including phenoxy) is 2. The molecule has 0 radical (unpaired) electrons. The van der Waals surface area contributed by atoms with Gasteiger partial charge in [-0.2, -0.15) is 0 Å². The topological polar surface area (TPSA) is 91.4 Å². The van der Waals surface area contributed by atoms with Crippen LogP contribution in [0, 0.1) is 0 Å².